The molecule has 2 aliphatic carbocycles. The van der Waals surface area contributed by atoms with Crippen molar-refractivity contribution >= 4 is 11.8 Å². The van der Waals surface area contributed by atoms with Crippen LogP contribution in [0.4, 0.5) is 4.79 Å². The minimum Gasteiger partial charge on any atom is -0.459 e. The van der Waals surface area contributed by atoms with Crippen molar-refractivity contribution < 1.29 is 48.3 Å². The summed E-state index contributed by atoms with van der Waals surface area (Å²) in [5.41, 5.74) is 4.94. The van der Waals surface area contributed by atoms with E-state index < -0.39 is 29.4 Å². The molecule has 2 N–H and O–H groups in total. The SMILES string of the molecule is C=CCCOC(=O)N(Cc1ccc2c(c1)OCO2)[C@H]1CC(=NOC(C)(C)C)C2=C[C@H](CCCCO)[C@@H](CCCCO)[C@@H]3c4cc(Oc5ccc(-c6ccccc6)cc5)ccc4O[C@@]1(OCC=C)[C@H]23. The van der Waals surface area contributed by atoms with E-state index in [9.17, 15) is 15.0 Å². The van der Waals surface area contributed by atoms with Gasteiger partial charge >= 0.3 is 6.09 Å². The fourth-order valence-corrected chi connectivity index (χ4v) is 10.2. The fourth-order valence-electron chi connectivity index (χ4n) is 10.2. The quantitative estimate of drug-likeness (QED) is 0.0472. The van der Waals surface area contributed by atoms with Crippen LogP contribution in [0.2, 0.25) is 0 Å². The minimum absolute atomic E-state index is 0.0224. The number of unbranched alkanes of at least 4 members (excludes halogenated alkanes) is 2. The molecule has 12 nitrogen and oxygen atoms in total. The molecule has 68 heavy (non-hydrogen) atoms. The van der Waals surface area contributed by atoms with E-state index in [1.807, 2.05) is 81.4 Å². The van der Waals surface area contributed by atoms with Crippen molar-refractivity contribution in [1.82, 2.24) is 4.90 Å². The molecule has 0 unspecified atom stereocenters. The lowest BCUT2D eigenvalue weighted by molar-refractivity contribution is -0.256. The van der Waals surface area contributed by atoms with E-state index in [-0.39, 0.29) is 63.9 Å². The van der Waals surface area contributed by atoms with Crippen LogP contribution in [0.15, 0.2) is 133 Å². The van der Waals surface area contributed by atoms with Crippen LogP contribution < -0.4 is 18.9 Å². The van der Waals surface area contributed by atoms with Crippen LogP contribution in [0.3, 0.4) is 0 Å². The number of aliphatic hydroxyl groups is 2. The van der Waals surface area contributed by atoms with E-state index in [2.05, 4.69) is 49.6 Å². The van der Waals surface area contributed by atoms with E-state index in [0.29, 0.717) is 53.7 Å². The predicted molar refractivity (Wildman–Crippen MR) is 262 cm³/mol. The summed E-state index contributed by atoms with van der Waals surface area (Å²) in [4.78, 5) is 22.9. The second kappa shape index (κ2) is 21.9. The zero-order valence-corrected chi connectivity index (χ0v) is 39.6. The highest BCUT2D eigenvalue weighted by atomic mass is 16.7. The maximum atomic E-state index is 14.9. The number of allylic oxidation sites excluding steroid dienone is 1. The number of hydrogen-bond acceptors (Lipinski definition) is 11. The third-order valence-electron chi connectivity index (χ3n) is 13.2. The number of aliphatic hydroxyl groups excluding tert-OH is 2. The average molecular weight is 927 g/mol. The smallest absolute Gasteiger partial charge is 0.410 e. The Labute approximate surface area is 400 Å². The Morgan fingerprint density at radius 1 is 0.853 bits per heavy atom. The lowest BCUT2D eigenvalue weighted by Gasteiger charge is -2.60. The van der Waals surface area contributed by atoms with Gasteiger partial charge in [0, 0.05) is 37.7 Å². The summed E-state index contributed by atoms with van der Waals surface area (Å²) in [6.45, 7) is 14.5. The van der Waals surface area contributed by atoms with E-state index in [1.54, 1.807) is 17.1 Å². The van der Waals surface area contributed by atoms with Crippen molar-refractivity contribution in [2.45, 2.75) is 102 Å². The number of benzene rings is 4. The van der Waals surface area contributed by atoms with E-state index >= 15 is 0 Å². The van der Waals surface area contributed by atoms with Crippen LogP contribution in [0.1, 0.15) is 89.2 Å². The van der Waals surface area contributed by atoms with Gasteiger partial charge in [-0.05, 0) is 129 Å². The number of fused-ring (bicyclic) bond motifs is 3. The lowest BCUT2D eigenvalue weighted by atomic mass is 9.55. The molecular formula is C56H66N2O10. The lowest BCUT2D eigenvalue weighted by Crippen LogP contribution is -2.70. The first-order valence-electron chi connectivity index (χ1n) is 24.1. The van der Waals surface area contributed by atoms with Gasteiger partial charge < -0.3 is 43.5 Å². The Hall–Kier alpha value is -6.08. The number of ether oxygens (including phenoxy) is 6. The molecule has 0 saturated heterocycles. The van der Waals surface area contributed by atoms with Crippen LogP contribution >= 0.6 is 0 Å². The van der Waals surface area contributed by atoms with Gasteiger partial charge in [0.05, 0.1) is 24.8 Å². The Bertz CT molecular complexity index is 2430. The molecule has 12 heteroatoms. The van der Waals surface area contributed by atoms with Gasteiger partial charge in [-0.1, -0.05) is 84.8 Å². The Balaban J connectivity index is 1.31. The largest absolute Gasteiger partial charge is 0.459 e. The molecule has 8 rings (SSSR count). The summed E-state index contributed by atoms with van der Waals surface area (Å²) in [5, 5.41) is 25.1. The third-order valence-corrected chi connectivity index (χ3v) is 13.2. The van der Waals surface area contributed by atoms with Crippen molar-refractivity contribution in [3.05, 3.63) is 139 Å². The molecule has 4 aromatic rings. The normalized spacial score (nSPS) is 22.8. The minimum atomic E-state index is -1.49. The first kappa shape index (κ1) is 48.4. The molecule has 360 valence electrons. The predicted octanol–water partition coefficient (Wildman–Crippen LogP) is 11.5. The highest BCUT2D eigenvalue weighted by Crippen LogP contribution is 2.62. The Kier molecular flexibility index (Phi) is 15.6. The average Bonchev–Trinajstić information content (AvgIpc) is 3.82. The van der Waals surface area contributed by atoms with Gasteiger partial charge in [0.25, 0.3) is 0 Å². The van der Waals surface area contributed by atoms with Crippen molar-refractivity contribution in [3.8, 4) is 39.9 Å². The molecule has 6 atom stereocenters. The summed E-state index contributed by atoms with van der Waals surface area (Å²) in [5.74, 6) is 0.984. The molecule has 2 heterocycles. The number of amides is 1. The highest BCUT2D eigenvalue weighted by molar-refractivity contribution is 6.03. The number of nitrogens with zero attached hydrogens (tertiary/aromatic N) is 2. The monoisotopic (exact) mass is 926 g/mol. The van der Waals surface area contributed by atoms with E-state index in [0.717, 1.165) is 53.5 Å². The van der Waals surface area contributed by atoms with Gasteiger partial charge in [0.2, 0.25) is 12.6 Å². The molecule has 4 aliphatic rings. The summed E-state index contributed by atoms with van der Waals surface area (Å²) in [6, 6.07) is 29.1. The van der Waals surface area contributed by atoms with Gasteiger partial charge in [0.1, 0.15) is 28.9 Å². The summed E-state index contributed by atoms with van der Waals surface area (Å²) in [6.07, 6.45) is 10.4. The number of oxime groups is 1. The van der Waals surface area contributed by atoms with Crippen molar-refractivity contribution in [2.24, 2.45) is 22.9 Å². The molecule has 1 amide bonds. The first-order valence-corrected chi connectivity index (χ1v) is 24.1. The second-order valence-electron chi connectivity index (χ2n) is 19.0. The third kappa shape index (κ3) is 10.8. The Morgan fingerprint density at radius 3 is 2.31 bits per heavy atom. The molecular weight excluding hydrogens is 861 g/mol. The summed E-state index contributed by atoms with van der Waals surface area (Å²) >= 11 is 0. The van der Waals surface area contributed by atoms with Crippen LogP contribution in [-0.4, -0.2) is 77.6 Å². The molecule has 0 bridgehead atoms. The zero-order chi connectivity index (χ0) is 47.7. The molecule has 0 aromatic heterocycles. The Morgan fingerprint density at radius 2 is 1.57 bits per heavy atom. The van der Waals surface area contributed by atoms with Gasteiger partial charge in [-0.3, -0.25) is 4.90 Å². The molecule has 0 spiro atoms. The van der Waals surface area contributed by atoms with Gasteiger partial charge in [-0.25, -0.2) is 4.79 Å². The van der Waals surface area contributed by atoms with Crippen LogP contribution in [-0.2, 0) is 20.9 Å². The number of rotatable bonds is 21. The van der Waals surface area contributed by atoms with Crippen LogP contribution in [0.25, 0.3) is 11.1 Å². The van der Waals surface area contributed by atoms with Gasteiger partial charge in [-0.15, -0.1) is 13.2 Å². The van der Waals surface area contributed by atoms with E-state index in [1.165, 1.54) is 0 Å². The maximum Gasteiger partial charge on any atom is 0.410 e. The van der Waals surface area contributed by atoms with E-state index in [4.69, 9.17) is 38.4 Å². The van der Waals surface area contributed by atoms with Crippen molar-refractivity contribution in [2.75, 3.05) is 33.2 Å². The molecule has 1 fully saturated rings. The molecule has 1 saturated carbocycles. The molecule has 0 radical (unpaired) electrons. The summed E-state index contributed by atoms with van der Waals surface area (Å²) in [7, 11) is 0. The zero-order valence-electron chi connectivity index (χ0n) is 39.6. The maximum absolute atomic E-state index is 14.9. The second-order valence-corrected chi connectivity index (χ2v) is 19.0. The number of hydrogen-bond donors (Lipinski definition) is 2. The van der Waals surface area contributed by atoms with Crippen LogP contribution in [0.5, 0.6) is 28.7 Å². The highest BCUT2D eigenvalue weighted by Gasteiger charge is 2.66. The standard InChI is InChI=1S/C56H66N2O10/c1-6-8-31-62-54(61)58(36-38-20-26-49-50(32-38)64-37-63-49)51-35-47(57-68-55(3,4)5)45-33-41(18-12-14-28-59)44(19-13-15-29-60)52-46-34-43(25-27-48(46)67-56(51,53(45)52)65-30-7-2)66-42-23-21-40(22-24-42)39-16-10-9-11-17-39/h6-7,9-11,16-17,20-27,32-34,41,44,51-53,59-60H,1-2,8,12-15,18-19,28-31,35-37H2,3-5H3/t41-,44+,51-,52+,53+,56+/m0/s1. The molecule has 2 aliphatic heterocycles. The first-order chi connectivity index (χ1) is 33.0. The topological polar surface area (TPSA) is 138 Å². The fraction of sp³-hybridized carbons (Fsp3) is 0.429. The van der Waals surface area contributed by atoms with Crippen molar-refractivity contribution in [3.63, 3.8) is 0 Å². The summed E-state index contributed by atoms with van der Waals surface area (Å²) < 4.78 is 38.8. The van der Waals surface area contributed by atoms with Gasteiger partial charge in [-0.2, -0.15) is 0 Å². The molecule has 4 aromatic carbocycles. The van der Waals surface area contributed by atoms with Gasteiger partial charge in [0.15, 0.2) is 11.5 Å². The van der Waals surface area contributed by atoms with Crippen LogP contribution in [0, 0.1) is 17.8 Å². The van der Waals surface area contributed by atoms with Crippen molar-refractivity contribution in [1.29, 1.82) is 0 Å². The number of carbonyl (C=O) groups excluding carboxylic acids is 1. The number of carbonyl (C=O) groups is 1.